The van der Waals surface area contributed by atoms with E-state index in [9.17, 15) is 9.90 Å². The Morgan fingerprint density at radius 3 is 2.67 bits per heavy atom. The van der Waals surface area contributed by atoms with Gasteiger partial charge in [0.05, 0.1) is 18.9 Å². The summed E-state index contributed by atoms with van der Waals surface area (Å²) in [6, 6.07) is 15.8. The molecule has 108 valence electrons. The monoisotopic (exact) mass is 283 g/mol. The highest BCUT2D eigenvalue weighted by atomic mass is 16.5. The number of amides is 1. The molecule has 0 aromatic heterocycles. The van der Waals surface area contributed by atoms with Crippen LogP contribution in [-0.2, 0) is 4.74 Å². The molecule has 4 nitrogen and oxygen atoms in total. The summed E-state index contributed by atoms with van der Waals surface area (Å²) in [6.45, 7) is 0.464. The molecule has 1 atom stereocenters. The van der Waals surface area contributed by atoms with Crippen LogP contribution in [0.5, 0.6) is 0 Å². The van der Waals surface area contributed by atoms with Crippen molar-refractivity contribution in [3.8, 4) is 11.1 Å². The fourth-order valence-electron chi connectivity index (χ4n) is 2.70. The maximum Gasteiger partial charge on any atom is 0.414 e. The Morgan fingerprint density at radius 1 is 1.19 bits per heavy atom. The van der Waals surface area contributed by atoms with Crippen molar-refractivity contribution in [3.63, 3.8) is 0 Å². The zero-order valence-electron chi connectivity index (χ0n) is 11.8. The molecule has 1 amide bonds. The van der Waals surface area contributed by atoms with Crippen LogP contribution >= 0.6 is 0 Å². The summed E-state index contributed by atoms with van der Waals surface area (Å²) in [5, 5.41) is 10.2. The number of aliphatic hydroxyl groups excluding tert-OH is 1. The Balaban J connectivity index is 2.04. The van der Waals surface area contributed by atoms with Crippen LogP contribution in [0.1, 0.15) is 18.1 Å². The lowest BCUT2D eigenvalue weighted by molar-refractivity contribution is 0.154. The van der Waals surface area contributed by atoms with Crippen LogP contribution in [0.15, 0.2) is 48.5 Å². The summed E-state index contributed by atoms with van der Waals surface area (Å²) < 4.78 is 4.80. The van der Waals surface area contributed by atoms with Gasteiger partial charge in [-0.25, -0.2) is 4.79 Å². The Labute approximate surface area is 123 Å². The van der Waals surface area contributed by atoms with Gasteiger partial charge in [-0.2, -0.15) is 0 Å². The number of methoxy groups -OCH3 is 1. The highest BCUT2D eigenvalue weighted by Gasteiger charge is 2.28. The minimum atomic E-state index is -0.551. The van der Waals surface area contributed by atoms with Gasteiger partial charge in [0.15, 0.2) is 0 Å². The van der Waals surface area contributed by atoms with E-state index < -0.39 is 12.2 Å². The van der Waals surface area contributed by atoms with E-state index in [1.807, 2.05) is 48.5 Å². The molecule has 1 N–H and O–H groups in total. The lowest BCUT2D eigenvalue weighted by atomic mass is 9.94. The molecule has 4 heteroatoms. The Morgan fingerprint density at radius 2 is 1.95 bits per heavy atom. The highest BCUT2D eigenvalue weighted by Crippen LogP contribution is 2.36. The van der Waals surface area contributed by atoms with Crippen molar-refractivity contribution < 1.29 is 14.6 Å². The summed E-state index contributed by atoms with van der Waals surface area (Å²) in [5.41, 5.74) is 3.61. The van der Waals surface area contributed by atoms with Crippen LogP contribution < -0.4 is 4.90 Å². The molecule has 0 bridgehead atoms. The van der Waals surface area contributed by atoms with Gasteiger partial charge in [0.1, 0.15) is 0 Å². The van der Waals surface area contributed by atoms with Crippen molar-refractivity contribution in [2.24, 2.45) is 0 Å². The lowest BCUT2D eigenvalue weighted by Crippen LogP contribution is -2.36. The first kappa shape index (κ1) is 13.6. The Bertz CT molecular complexity index is 654. The average molecular weight is 283 g/mol. The molecule has 0 aliphatic carbocycles. The molecule has 0 spiro atoms. The first-order valence-corrected chi connectivity index (χ1v) is 6.93. The quantitative estimate of drug-likeness (QED) is 0.873. The van der Waals surface area contributed by atoms with Gasteiger partial charge >= 0.3 is 6.09 Å². The number of fused-ring (bicyclic) bond motifs is 1. The first-order valence-electron chi connectivity index (χ1n) is 6.93. The molecule has 0 radical (unpaired) electrons. The molecule has 3 rings (SSSR count). The zero-order chi connectivity index (χ0) is 14.8. The fraction of sp³-hybridized carbons (Fsp3) is 0.235. The van der Waals surface area contributed by atoms with E-state index in [4.69, 9.17) is 4.74 Å². The van der Waals surface area contributed by atoms with Crippen molar-refractivity contribution in [3.05, 3.63) is 54.1 Å². The van der Waals surface area contributed by atoms with Gasteiger partial charge in [0.25, 0.3) is 0 Å². The molecule has 0 fully saturated rings. The molecule has 0 unspecified atom stereocenters. The molecule has 0 saturated heterocycles. The minimum Gasteiger partial charge on any atom is -0.452 e. The second-order valence-electron chi connectivity index (χ2n) is 5.07. The van der Waals surface area contributed by atoms with Crippen molar-refractivity contribution >= 4 is 11.8 Å². The standard InChI is InChI=1S/C17H17NO3/c1-21-17(20)18-10-9-16(19)14-11-13(7-8-15(14)18)12-5-3-2-4-6-12/h2-8,11,16,19H,9-10H2,1H3/t16-/m1/s1. The topological polar surface area (TPSA) is 49.8 Å². The number of rotatable bonds is 1. The molecule has 2 aromatic carbocycles. The number of hydrogen-bond donors (Lipinski definition) is 1. The predicted molar refractivity (Wildman–Crippen MR) is 81.2 cm³/mol. The smallest absolute Gasteiger partial charge is 0.414 e. The third-order valence-corrected chi connectivity index (χ3v) is 3.81. The van der Waals surface area contributed by atoms with E-state index in [1.54, 1.807) is 4.90 Å². The maximum absolute atomic E-state index is 11.8. The predicted octanol–water partition coefficient (Wildman–Crippen LogP) is 3.36. The number of carbonyl (C=O) groups is 1. The summed E-state index contributed by atoms with van der Waals surface area (Å²) in [6.07, 6.45) is -0.430. The number of ether oxygens (including phenoxy) is 1. The van der Waals surface area contributed by atoms with E-state index in [0.29, 0.717) is 13.0 Å². The number of anilines is 1. The van der Waals surface area contributed by atoms with Crippen molar-refractivity contribution in [2.45, 2.75) is 12.5 Å². The van der Waals surface area contributed by atoms with Crippen LogP contribution in [0, 0.1) is 0 Å². The number of benzene rings is 2. The summed E-state index contributed by atoms with van der Waals surface area (Å²) in [4.78, 5) is 13.4. The van der Waals surface area contributed by atoms with Gasteiger partial charge in [0.2, 0.25) is 0 Å². The molecular weight excluding hydrogens is 266 g/mol. The van der Waals surface area contributed by atoms with E-state index in [1.165, 1.54) is 7.11 Å². The highest BCUT2D eigenvalue weighted by molar-refractivity contribution is 5.90. The average Bonchev–Trinajstić information content (AvgIpc) is 2.55. The zero-order valence-corrected chi connectivity index (χ0v) is 11.8. The van der Waals surface area contributed by atoms with Crippen LogP contribution in [-0.4, -0.2) is 24.9 Å². The van der Waals surface area contributed by atoms with Gasteiger partial charge < -0.3 is 9.84 Å². The largest absolute Gasteiger partial charge is 0.452 e. The second kappa shape index (κ2) is 5.58. The lowest BCUT2D eigenvalue weighted by Gasteiger charge is -2.31. The van der Waals surface area contributed by atoms with E-state index >= 15 is 0 Å². The summed E-state index contributed by atoms with van der Waals surface area (Å²) in [5.74, 6) is 0. The summed E-state index contributed by atoms with van der Waals surface area (Å²) in [7, 11) is 1.37. The number of aliphatic hydroxyl groups is 1. The third-order valence-electron chi connectivity index (χ3n) is 3.81. The van der Waals surface area contributed by atoms with Crippen molar-refractivity contribution in [2.75, 3.05) is 18.6 Å². The number of carbonyl (C=O) groups excluding carboxylic acids is 1. The van der Waals surface area contributed by atoms with Crippen LogP contribution in [0.3, 0.4) is 0 Å². The Hall–Kier alpha value is -2.33. The fourth-order valence-corrected chi connectivity index (χ4v) is 2.70. The normalized spacial score (nSPS) is 17.2. The molecule has 2 aromatic rings. The van der Waals surface area contributed by atoms with Gasteiger partial charge in [-0.1, -0.05) is 36.4 Å². The molecule has 1 aliphatic heterocycles. The molecule has 1 aliphatic rings. The van der Waals surface area contributed by atoms with Crippen LogP contribution in [0.2, 0.25) is 0 Å². The molecular formula is C17H17NO3. The first-order chi connectivity index (χ1) is 10.2. The van der Waals surface area contributed by atoms with Crippen molar-refractivity contribution in [1.82, 2.24) is 0 Å². The van der Waals surface area contributed by atoms with Crippen LogP contribution in [0.4, 0.5) is 10.5 Å². The van der Waals surface area contributed by atoms with Gasteiger partial charge in [-0.15, -0.1) is 0 Å². The number of hydrogen-bond acceptors (Lipinski definition) is 3. The van der Waals surface area contributed by atoms with Crippen molar-refractivity contribution in [1.29, 1.82) is 0 Å². The van der Waals surface area contributed by atoms with E-state index in [0.717, 1.165) is 22.4 Å². The second-order valence-corrected chi connectivity index (χ2v) is 5.07. The van der Waals surface area contributed by atoms with Crippen LogP contribution in [0.25, 0.3) is 11.1 Å². The molecule has 1 heterocycles. The van der Waals surface area contributed by atoms with Gasteiger partial charge in [-0.05, 0) is 29.7 Å². The molecule has 0 saturated carbocycles. The SMILES string of the molecule is COC(=O)N1CC[C@@H](O)c2cc(-c3ccccc3)ccc21. The Kier molecular flexibility index (Phi) is 3.62. The van der Waals surface area contributed by atoms with E-state index in [2.05, 4.69) is 0 Å². The van der Waals surface area contributed by atoms with Gasteiger partial charge in [-0.3, -0.25) is 4.90 Å². The third kappa shape index (κ3) is 2.50. The van der Waals surface area contributed by atoms with Gasteiger partial charge in [0, 0.05) is 12.1 Å². The molecule has 21 heavy (non-hydrogen) atoms. The minimum absolute atomic E-state index is 0.393. The maximum atomic E-state index is 11.8. The summed E-state index contributed by atoms with van der Waals surface area (Å²) >= 11 is 0. The number of nitrogens with zero attached hydrogens (tertiary/aromatic N) is 1. The van der Waals surface area contributed by atoms with E-state index in [-0.39, 0.29) is 0 Å².